The molecule has 1 saturated heterocycles. The van der Waals surface area contributed by atoms with Crippen LogP contribution in [0.4, 0.5) is 5.69 Å². The van der Waals surface area contributed by atoms with Crippen molar-refractivity contribution in [2.45, 2.75) is 32.2 Å². The third-order valence-electron chi connectivity index (χ3n) is 5.57. The molecule has 0 bridgehead atoms. The Labute approximate surface area is 183 Å². The molecule has 0 spiro atoms. The second kappa shape index (κ2) is 10.1. The summed E-state index contributed by atoms with van der Waals surface area (Å²) in [7, 11) is 3.86. The van der Waals surface area contributed by atoms with Gasteiger partial charge in [-0.05, 0) is 49.1 Å². The molecule has 4 rings (SSSR count). The van der Waals surface area contributed by atoms with Crippen LogP contribution >= 0.6 is 0 Å². The molecule has 0 atom stereocenters. The molecule has 3 heterocycles. The van der Waals surface area contributed by atoms with E-state index < -0.39 is 0 Å². The molecule has 1 aliphatic rings. The fraction of sp³-hybridized carbons (Fsp3) is 0.435. The van der Waals surface area contributed by atoms with Gasteiger partial charge in [0, 0.05) is 52.4 Å². The summed E-state index contributed by atoms with van der Waals surface area (Å²) in [4.78, 5) is 13.5. The number of furan rings is 1. The molecule has 0 saturated carbocycles. The standard InChI is InChI=1S/C23H31N7O/c1-24-23(25-13-12-21-26-22(28-27-21)20-7-6-16-31-20)29(2)17-18-8-10-19(11-9-18)30-14-4-3-5-15-30/h6-11,16H,3-5,12-15,17H2,1-2H3,(H,24,25)(H,26,27,28). The Bertz CT molecular complexity index is 956. The Morgan fingerprint density at radius 1 is 1.19 bits per heavy atom. The van der Waals surface area contributed by atoms with Crippen molar-refractivity contribution in [2.75, 3.05) is 38.6 Å². The van der Waals surface area contributed by atoms with Crippen molar-refractivity contribution in [3.05, 3.63) is 54.0 Å². The summed E-state index contributed by atoms with van der Waals surface area (Å²) in [5.74, 6) is 2.91. The Kier molecular flexibility index (Phi) is 6.86. The lowest BCUT2D eigenvalue weighted by molar-refractivity contribution is 0.477. The quantitative estimate of drug-likeness (QED) is 0.450. The largest absolute Gasteiger partial charge is 0.461 e. The lowest BCUT2D eigenvalue weighted by atomic mass is 10.1. The van der Waals surface area contributed by atoms with Crippen molar-refractivity contribution in [1.82, 2.24) is 25.4 Å². The first-order valence-electron chi connectivity index (χ1n) is 10.9. The SMILES string of the molecule is CN=C(NCCc1nc(-c2ccco2)n[nH]1)N(C)Cc1ccc(N2CCCCC2)cc1. The number of aromatic amines is 1. The second-order valence-electron chi connectivity index (χ2n) is 7.88. The number of rotatable bonds is 7. The van der Waals surface area contributed by atoms with Crippen LogP contribution in [0.25, 0.3) is 11.6 Å². The van der Waals surface area contributed by atoms with Gasteiger partial charge in [0.05, 0.1) is 6.26 Å². The van der Waals surface area contributed by atoms with Crippen LogP contribution in [0, 0.1) is 0 Å². The first kappa shape index (κ1) is 21.0. The van der Waals surface area contributed by atoms with Crippen LogP contribution < -0.4 is 10.2 Å². The average molecular weight is 422 g/mol. The number of hydrogen-bond acceptors (Lipinski definition) is 5. The Morgan fingerprint density at radius 3 is 2.71 bits per heavy atom. The van der Waals surface area contributed by atoms with E-state index in [0.717, 1.165) is 18.3 Å². The summed E-state index contributed by atoms with van der Waals surface area (Å²) in [5.41, 5.74) is 2.60. The van der Waals surface area contributed by atoms with Crippen LogP contribution in [0.2, 0.25) is 0 Å². The Morgan fingerprint density at radius 2 is 2.00 bits per heavy atom. The summed E-state index contributed by atoms with van der Waals surface area (Å²) in [6, 6.07) is 12.6. The van der Waals surface area contributed by atoms with E-state index in [1.807, 2.05) is 19.2 Å². The number of H-pyrrole nitrogens is 1. The molecule has 2 aromatic heterocycles. The van der Waals surface area contributed by atoms with Crippen molar-refractivity contribution in [1.29, 1.82) is 0 Å². The molecule has 31 heavy (non-hydrogen) atoms. The zero-order valence-corrected chi connectivity index (χ0v) is 18.3. The average Bonchev–Trinajstić information content (AvgIpc) is 3.50. The van der Waals surface area contributed by atoms with Gasteiger partial charge in [-0.1, -0.05) is 12.1 Å². The minimum absolute atomic E-state index is 0.578. The van der Waals surface area contributed by atoms with E-state index >= 15 is 0 Å². The van der Waals surface area contributed by atoms with Crippen molar-refractivity contribution in [3.8, 4) is 11.6 Å². The number of guanidine groups is 1. The minimum atomic E-state index is 0.578. The van der Waals surface area contributed by atoms with E-state index in [1.54, 1.807) is 6.26 Å². The van der Waals surface area contributed by atoms with Crippen LogP contribution in [-0.4, -0.2) is 59.8 Å². The maximum absolute atomic E-state index is 5.33. The molecule has 8 nitrogen and oxygen atoms in total. The van der Waals surface area contributed by atoms with Gasteiger partial charge >= 0.3 is 0 Å². The fourth-order valence-electron chi connectivity index (χ4n) is 3.91. The first-order valence-corrected chi connectivity index (χ1v) is 10.9. The highest BCUT2D eigenvalue weighted by Gasteiger charge is 2.12. The number of anilines is 1. The molecule has 1 fully saturated rings. The molecule has 0 aliphatic carbocycles. The van der Waals surface area contributed by atoms with Gasteiger partial charge in [0.2, 0.25) is 5.82 Å². The van der Waals surface area contributed by atoms with Crippen molar-refractivity contribution < 1.29 is 4.42 Å². The Hall–Kier alpha value is -3.29. The van der Waals surface area contributed by atoms with Crippen LogP contribution in [0.1, 0.15) is 30.7 Å². The molecule has 2 N–H and O–H groups in total. The van der Waals surface area contributed by atoms with Gasteiger partial charge in [-0.25, -0.2) is 4.98 Å². The van der Waals surface area contributed by atoms with Crippen LogP contribution in [0.15, 0.2) is 52.1 Å². The van der Waals surface area contributed by atoms with Crippen LogP contribution in [0.5, 0.6) is 0 Å². The normalized spacial score (nSPS) is 14.6. The Balaban J connectivity index is 1.26. The highest BCUT2D eigenvalue weighted by atomic mass is 16.3. The van der Waals surface area contributed by atoms with E-state index in [2.05, 4.69) is 66.6 Å². The van der Waals surface area contributed by atoms with Crippen LogP contribution in [0.3, 0.4) is 0 Å². The summed E-state index contributed by atoms with van der Waals surface area (Å²) >= 11 is 0. The number of aliphatic imine (C=N–C) groups is 1. The number of nitrogens with zero attached hydrogens (tertiary/aromatic N) is 5. The van der Waals surface area contributed by atoms with E-state index in [0.29, 0.717) is 24.6 Å². The number of hydrogen-bond donors (Lipinski definition) is 2. The predicted octanol–water partition coefficient (Wildman–Crippen LogP) is 3.30. The summed E-state index contributed by atoms with van der Waals surface area (Å²) in [6.07, 6.45) is 6.28. The van der Waals surface area contributed by atoms with Gasteiger partial charge in [-0.15, -0.1) is 0 Å². The lowest BCUT2D eigenvalue weighted by Gasteiger charge is -2.29. The maximum Gasteiger partial charge on any atom is 0.216 e. The predicted molar refractivity (Wildman–Crippen MR) is 123 cm³/mol. The smallest absolute Gasteiger partial charge is 0.216 e. The summed E-state index contributed by atoms with van der Waals surface area (Å²) in [6.45, 7) is 3.84. The van der Waals surface area contributed by atoms with Gasteiger partial charge < -0.3 is 19.5 Å². The van der Waals surface area contributed by atoms with Gasteiger partial charge in [0.15, 0.2) is 11.7 Å². The number of aromatic nitrogens is 3. The molecule has 0 radical (unpaired) electrons. The number of piperidine rings is 1. The number of nitrogens with one attached hydrogen (secondary N) is 2. The van der Waals surface area contributed by atoms with Crippen molar-refractivity contribution in [3.63, 3.8) is 0 Å². The van der Waals surface area contributed by atoms with E-state index in [1.165, 1.54) is 43.6 Å². The molecule has 1 aliphatic heterocycles. The zero-order chi connectivity index (χ0) is 21.5. The van der Waals surface area contributed by atoms with Gasteiger partial charge in [-0.3, -0.25) is 10.1 Å². The second-order valence-corrected chi connectivity index (χ2v) is 7.88. The van der Waals surface area contributed by atoms with E-state index in [4.69, 9.17) is 4.42 Å². The molecule has 1 aromatic carbocycles. The lowest BCUT2D eigenvalue weighted by Crippen LogP contribution is -2.39. The van der Waals surface area contributed by atoms with Crippen molar-refractivity contribution in [2.24, 2.45) is 4.99 Å². The molecular weight excluding hydrogens is 390 g/mol. The first-order chi connectivity index (χ1) is 15.2. The van der Waals surface area contributed by atoms with Crippen LogP contribution in [-0.2, 0) is 13.0 Å². The molecular formula is C23H31N7O. The van der Waals surface area contributed by atoms with E-state index in [-0.39, 0.29) is 0 Å². The molecule has 164 valence electrons. The van der Waals surface area contributed by atoms with Crippen molar-refractivity contribution >= 4 is 11.6 Å². The highest BCUT2D eigenvalue weighted by molar-refractivity contribution is 5.79. The van der Waals surface area contributed by atoms with Gasteiger partial charge in [0.25, 0.3) is 0 Å². The zero-order valence-electron chi connectivity index (χ0n) is 18.3. The fourth-order valence-corrected chi connectivity index (χ4v) is 3.91. The molecule has 0 unspecified atom stereocenters. The van der Waals surface area contributed by atoms with E-state index in [9.17, 15) is 0 Å². The number of benzene rings is 1. The van der Waals surface area contributed by atoms with Gasteiger partial charge in [-0.2, -0.15) is 5.10 Å². The molecule has 8 heteroatoms. The molecule has 3 aromatic rings. The third kappa shape index (κ3) is 5.45. The topological polar surface area (TPSA) is 85.6 Å². The maximum atomic E-state index is 5.33. The summed E-state index contributed by atoms with van der Waals surface area (Å²) in [5, 5.41) is 10.6. The summed E-state index contributed by atoms with van der Waals surface area (Å²) < 4.78 is 5.33. The molecule has 0 amide bonds. The highest BCUT2D eigenvalue weighted by Crippen LogP contribution is 2.20. The van der Waals surface area contributed by atoms with Gasteiger partial charge in [0.1, 0.15) is 5.82 Å². The minimum Gasteiger partial charge on any atom is -0.461 e. The third-order valence-corrected chi connectivity index (χ3v) is 5.57. The monoisotopic (exact) mass is 421 g/mol.